The highest BCUT2D eigenvalue weighted by atomic mass is 16.2. The molecule has 0 radical (unpaired) electrons. The normalized spacial score (nSPS) is 29.1. The number of nitrogens with one attached hydrogen (secondary N) is 2. The molecule has 0 spiro atoms. The minimum absolute atomic E-state index is 0.0146. The third-order valence-electron chi connectivity index (χ3n) is 4.45. The van der Waals surface area contributed by atoms with Crippen molar-refractivity contribution in [2.24, 2.45) is 11.7 Å². The summed E-state index contributed by atoms with van der Waals surface area (Å²) in [7, 11) is 0. The zero-order valence-electron chi connectivity index (χ0n) is 12.2. The molecule has 2 aliphatic rings. The summed E-state index contributed by atoms with van der Waals surface area (Å²) in [6.45, 7) is 5.23. The van der Waals surface area contributed by atoms with Crippen LogP contribution in [0.3, 0.4) is 0 Å². The summed E-state index contributed by atoms with van der Waals surface area (Å²) >= 11 is 0. The van der Waals surface area contributed by atoms with E-state index in [-0.39, 0.29) is 23.9 Å². The van der Waals surface area contributed by atoms with Crippen LogP contribution in [0.1, 0.15) is 32.6 Å². The summed E-state index contributed by atoms with van der Waals surface area (Å²) in [6.07, 6.45) is 4.16. The lowest BCUT2D eigenvalue weighted by atomic mass is 9.96. The van der Waals surface area contributed by atoms with Crippen molar-refractivity contribution in [3.8, 4) is 0 Å². The van der Waals surface area contributed by atoms with E-state index < -0.39 is 0 Å². The van der Waals surface area contributed by atoms with Gasteiger partial charge < -0.3 is 16.4 Å². The first-order valence-electron chi connectivity index (χ1n) is 7.62. The highest BCUT2D eigenvalue weighted by Crippen LogP contribution is 2.18. The lowest BCUT2D eigenvalue weighted by Crippen LogP contribution is -2.50. The number of carbonyl (C=O) groups excluding carboxylic acids is 2. The largest absolute Gasteiger partial charge is 0.368 e. The Bertz CT molecular complexity index is 355. The molecule has 6 heteroatoms. The van der Waals surface area contributed by atoms with Crippen LogP contribution >= 0.6 is 0 Å². The molecule has 4 N–H and O–H groups in total. The Labute approximate surface area is 120 Å². The van der Waals surface area contributed by atoms with E-state index >= 15 is 0 Å². The van der Waals surface area contributed by atoms with Gasteiger partial charge in [0, 0.05) is 13.1 Å². The zero-order valence-corrected chi connectivity index (χ0v) is 12.2. The second-order valence-corrected chi connectivity index (χ2v) is 5.98. The van der Waals surface area contributed by atoms with Gasteiger partial charge in [-0.05, 0) is 51.6 Å². The fourth-order valence-corrected chi connectivity index (χ4v) is 3.07. The summed E-state index contributed by atoms with van der Waals surface area (Å²) in [5, 5.41) is 6.24. The molecule has 0 aromatic heterocycles. The molecule has 2 saturated heterocycles. The van der Waals surface area contributed by atoms with Crippen LogP contribution in [0.25, 0.3) is 0 Å². The van der Waals surface area contributed by atoms with Gasteiger partial charge in [-0.1, -0.05) is 0 Å². The second kappa shape index (κ2) is 7.04. The highest BCUT2D eigenvalue weighted by Gasteiger charge is 2.27. The van der Waals surface area contributed by atoms with Crippen LogP contribution in [-0.4, -0.2) is 55.0 Å². The zero-order chi connectivity index (χ0) is 14.5. The van der Waals surface area contributed by atoms with Crippen LogP contribution in [0.5, 0.6) is 0 Å². The first-order chi connectivity index (χ1) is 9.58. The van der Waals surface area contributed by atoms with Crippen molar-refractivity contribution in [2.75, 3.05) is 26.2 Å². The van der Waals surface area contributed by atoms with Crippen LogP contribution in [0.2, 0.25) is 0 Å². The average Bonchev–Trinajstić information content (AvgIpc) is 2.98. The fraction of sp³-hybridized carbons (Fsp3) is 0.857. The molecule has 2 heterocycles. The Morgan fingerprint density at radius 1 is 1.40 bits per heavy atom. The number of piperidine rings is 1. The van der Waals surface area contributed by atoms with Gasteiger partial charge in [0.2, 0.25) is 11.8 Å². The Balaban J connectivity index is 1.75. The van der Waals surface area contributed by atoms with Crippen molar-refractivity contribution in [2.45, 2.75) is 44.7 Å². The first-order valence-corrected chi connectivity index (χ1v) is 7.62. The minimum atomic E-state index is -0.273. The Morgan fingerprint density at radius 3 is 2.85 bits per heavy atom. The van der Waals surface area contributed by atoms with Crippen LogP contribution in [0.4, 0.5) is 0 Å². The molecule has 2 rings (SSSR count). The summed E-state index contributed by atoms with van der Waals surface area (Å²) in [5.74, 6) is 0.253. The second-order valence-electron chi connectivity index (χ2n) is 5.98. The number of likely N-dealkylation sites (tertiary alicyclic amines) is 1. The van der Waals surface area contributed by atoms with E-state index in [0.29, 0.717) is 12.5 Å². The van der Waals surface area contributed by atoms with Crippen LogP contribution in [0.15, 0.2) is 0 Å². The summed E-state index contributed by atoms with van der Waals surface area (Å²) < 4.78 is 0. The van der Waals surface area contributed by atoms with Gasteiger partial charge in [0.05, 0.1) is 12.1 Å². The van der Waals surface area contributed by atoms with Crippen molar-refractivity contribution >= 4 is 11.8 Å². The van der Waals surface area contributed by atoms with Crippen molar-refractivity contribution < 1.29 is 9.59 Å². The monoisotopic (exact) mass is 282 g/mol. The SMILES string of the molecule is CC(C(N)=O)N1CCCC(CNC(=O)C2CCCN2)C1. The quantitative estimate of drug-likeness (QED) is 0.631. The van der Waals surface area contributed by atoms with Gasteiger partial charge in [0.25, 0.3) is 0 Å². The number of amides is 2. The Morgan fingerprint density at radius 2 is 2.20 bits per heavy atom. The smallest absolute Gasteiger partial charge is 0.237 e. The average molecular weight is 282 g/mol. The molecule has 2 aliphatic heterocycles. The lowest BCUT2D eigenvalue weighted by Gasteiger charge is -2.35. The van der Waals surface area contributed by atoms with Crippen LogP contribution in [0, 0.1) is 5.92 Å². The summed E-state index contributed by atoms with van der Waals surface area (Å²) in [4.78, 5) is 25.3. The van der Waals surface area contributed by atoms with Crippen molar-refractivity contribution in [3.63, 3.8) is 0 Å². The third kappa shape index (κ3) is 3.93. The molecular formula is C14H26N4O2. The van der Waals surface area contributed by atoms with Crippen molar-refractivity contribution in [3.05, 3.63) is 0 Å². The Hall–Kier alpha value is -1.14. The maximum Gasteiger partial charge on any atom is 0.237 e. The van der Waals surface area contributed by atoms with Gasteiger partial charge in [-0.3, -0.25) is 14.5 Å². The van der Waals surface area contributed by atoms with Gasteiger partial charge in [-0.2, -0.15) is 0 Å². The van der Waals surface area contributed by atoms with E-state index in [4.69, 9.17) is 5.73 Å². The summed E-state index contributed by atoms with van der Waals surface area (Å²) in [5.41, 5.74) is 5.36. The molecule has 114 valence electrons. The molecule has 0 aromatic rings. The molecule has 0 saturated carbocycles. The van der Waals surface area contributed by atoms with E-state index in [9.17, 15) is 9.59 Å². The third-order valence-corrected chi connectivity index (χ3v) is 4.45. The van der Waals surface area contributed by atoms with E-state index in [1.165, 1.54) is 0 Å². The number of carbonyl (C=O) groups is 2. The van der Waals surface area contributed by atoms with E-state index in [2.05, 4.69) is 15.5 Å². The number of rotatable bonds is 5. The van der Waals surface area contributed by atoms with Crippen molar-refractivity contribution in [1.82, 2.24) is 15.5 Å². The molecule has 20 heavy (non-hydrogen) atoms. The molecule has 2 amide bonds. The predicted octanol–water partition coefficient (Wildman–Crippen LogP) is -0.560. The van der Waals surface area contributed by atoms with Crippen LogP contribution < -0.4 is 16.4 Å². The number of hydrogen-bond acceptors (Lipinski definition) is 4. The number of primary amides is 1. The maximum atomic E-state index is 12.0. The highest BCUT2D eigenvalue weighted by molar-refractivity contribution is 5.82. The van der Waals surface area contributed by atoms with Gasteiger partial charge in [-0.25, -0.2) is 0 Å². The van der Waals surface area contributed by atoms with Gasteiger partial charge >= 0.3 is 0 Å². The molecule has 6 nitrogen and oxygen atoms in total. The van der Waals surface area contributed by atoms with Crippen LogP contribution in [-0.2, 0) is 9.59 Å². The van der Waals surface area contributed by atoms with E-state index in [1.54, 1.807) is 0 Å². The first kappa shape index (κ1) is 15.3. The molecule has 0 aliphatic carbocycles. The molecule has 0 bridgehead atoms. The van der Waals surface area contributed by atoms with Crippen molar-refractivity contribution in [1.29, 1.82) is 0 Å². The molecule has 3 atom stereocenters. The standard InChI is InChI=1S/C14H26N4O2/c1-10(13(15)19)18-7-3-4-11(9-18)8-17-14(20)12-5-2-6-16-12/h10-12,16H,2-9H2,1H3,(H2,15,19)(H,17,20). The molecule has 0 aromatic carbocycles. The van der Waals surface area contributed by atoms with Gasteiger partial charge in [0.15, 0.2) is 0 Å². The van der Waals surface area contributed by atoms with E-state index in [1.807, 2.05) is 6.92 Å². The van der Waals surface area contributed by atoms with E-state index in [0.717, 1.165) is 45.3 Å². The summed E-state index contributed by atoms with van der Waals surface area (Å²) in [6, 6.07) is -0.232. The van der Waals surface area contributed by atoms with Gasteiger partial charge in [0.1, 0.15) is 0 Å². The topological polar surface area (TPSA) is 87.5 Å². The number of nitrogens with zero attached hydrogens (tertiary/aromatic N) is 1. The number of hydrogen-bond donors (Lipinski definition) is 3. The Kier molecular flexibility index (Phi) is 5.37. The molecule has 2 fully saturated rings. The fourth-order valence-electron chi connectivity index (χ4n) is 3.07. The predicted molar refractivity (Wildman–Crippen MR) is 77.0 cm³/mol. The molecular weight excluding hydrogens is 256 g/mol. The lowest BCUT2D eigenvalue weighted by molar-refractivity contribution is -0.124. The number of nitrogens with two attached hydrogens (primary N) is 1. The maximum absolute atomic E-state index is 12.0. The van der Waals surface area contributed by atoms with Gasteiger partial charge in [-0.15, -0.1) is 0 Å². The molecule has 3 unspecified atom stereocenters. The minimum Gasteiger partial charge on any atom is -0.368 e.